The molecule has 25 heavy (non-hydrogen) atoms. The van der Waals surface area contributed by atoms with E-state index < -0.39 is 10.0 Å². The lowest BCUT2D eigenvalue weighted by atomic mass is 9.91. The van der Waals surface area contributed by atoms with Gasteiger partial charge in [-0.05, 0) is 54.4 Å². The van der Waals surface area contributed by atoms with Crippen molar-refractivity contribution in [3.63, 3.8) is 0 Å². The molecule has 1 aliphatic rings. The third-order valence-electron chi connectivity index (χ3n) is 4.80. The second-order valence-electron chi connectivity index (χ2n) is 6.41. The van der Waals surface area contributed by atoms with Crippen molar-refractivity contribution in [2.24, 2.45) is 5.92 Å². The first-order valence-corrected chi connectivity index (χ1v) is 10.6. The molecule has 1 fully saturated rings. The molecule has 1 aromatic heterocycles. The van der Waals surface area contributed by atoms with Crippen LogP contribution in [0, 0.1) is 5.92 Å². The fourth-order valence-electron chi connectivity index (χ4n) is 3.43. The highest BCUT2D eigenvalue weighted by atomic mass is 32.2. The molecule has 0 atom stereocenters. The lowest BCUT2D eigenvalue weighted by Gasteiger charge is -2.31. The van der Waals surface area contributed by atoms with E-state index in [2.05, 4.69) is 33.9 Å². The molecule has 4 rings (SSSR count). The van der Waals surface area contributed by atoms with Crippen LogP contribution in [0.5, 0.6) is 0 Å². The van der Waals surface area contributed by atoms with Crippen LogP contribution in [0.1, 0.15) is 18.4 Å². The Morgan fingerprint density at radius 1 is 1.04 bits per heavy atom. The Balaban J connectivity index is 1.49. The van der Waals surface area contributed by atoms with E-state index in [-0.39, 0.29) is 4.90 Å². The first-order chi connectivity index (χ1) is 12.1. The smallest absolute Gasteiger partial charge is 0.207 e. The van der Waals surface area contributed by atoms with Gasteiger partial charge < -0.3 is 0 Å². The minimum atomic E-state index is -3.52. The minimum Gasteiger partial charge on any atom is -0.207 e. The van der Waals surface area contributed by atoms with E-state index in [1.54, 1.807) is 16.4 Å². The molecule has 0 spiro atoms. The minimum absolute atomic E-state index is 0.278. The van der Waals surface area contributed by atoms with Gasteiger partial charge in [-0.25, -0.2) is 8.42 Å². The van der Waals surface area contributed by atoms with Crippen LogP contribution >= 0.6 is 11.5 Å². The van der Waals surface area contributed by atoms with Crippen molar-refractivity contribution in [2.45, 2.75) is 24.2 Å². The molecule has 2 heterocycles. The molecule has 0 amide bonds. The van der Waals surface area contributed by atoms with Crippen molar-refractivity contribution in [3.8, 4) is 0 Å². The van der Waals surface area contributed by atoms with Crippen molar-refractivity contribution in [1.82, 2.24) is 13.9 Å². The van der Waals surface area contributed by atoms with Gasteiger partial charge in [0.05, 0.1) is 4.70 Å². The number of rotatable bonds is 4. The predicted octanol–water partition coefficient (Wildman–Crippen LogP) is 3.33. The normalized spacial score (nSPS) is 17.1. The molecule has 0 unspecified atom stereocenters. The molecule has 3 aromatic rings. The molecule has 0 saturated carbocycles. The maximum Gasteiger partial charge on any atom is 0.245 e. The van der Waals surface area contributed by atoms with Crippen molar-refractivity contribution in [1.29, 1.82) is 0 Å². The van der Waals surface area contributed by atoms with Gasteiger partial charge in [-0.2, -0.15) is 4.31 Å². The molecule has 0 bridgehead atoms. The van der Waals surface area contributed by atoms with Gasteiger partial charge in [0.2, 0.25) is 10.0 Å². The third kappa shape index (κ3) is 3.31. The quantitative estimate of drug-likeness (QED) is 0.704. The molecule has 7 heteroatoms. The Hall–Kier alpha value is -1.83. The summed E-state index contributed by atoms with van der Waals surface area (Å²) in [5.41, 5.74) is 1.81. The van der Waals surface area contributed by atoms with Gasteiger partial charge in [-0.3, -0.25) is 0 Å². The first-order valence-electron chi connectivity index (χ1n) is 8.40. The third-order valence-corrected chi connectivity index (χ3v) is 7.42. The number of benzene rings is 2. The molecule has 130 valence electrons. The summed E-state index contributed by atoms with van der Waals surface area (Å²) in [6.07, 6.45) is 2.79. The summed E-state index contributed by atoms with van der Waals surface area (Å²) < 4.78 is 32.3. The maximum atomic E-state index is 13.0. The van der Waals surface area contributed by atoms with Gasteiger partial charge in [-0.1, -0.05) is 40.9 Å². The highest BCUT2D eigenvalue weighted by molar-refractivity contribution is 7.89. The monoisotopic (exact) mass is 373 g/mol. The Kier molecular flexibility index (Phi) is 4.54. The largest absolute Gasteiger partial charge is 0.245 e. The zero-order chi connectivity index (χ0) is 17.3. The summed E-state index contributed by atoms with van der Waals surface area (Å²) in [6.45, 7) is 1.13. The van der Waals surface area contributed by atoms with Crippen LogP contribution in [0.25, 0.3) is 10.2 Å². The highest BCUT2D eigenvalue weighted by Gasteiger charge is 2.31. The molecular weight excluding hydrogens is 354 g/mol. The second kappa shape index (κ2) is 6.82. The molecule has 0 aliphatic carbocycles. The summed E-state index contributed by atoms with van der Waals surface area (Å²) >= 11 is 1.22. The van der Waals surface area contributed by atoms with Crippen LogP contribution in [0.4, 0.5) is 0 Å². The summed E-state index contributed by atoms with van der Waals surface area (Å²) in [7, 11) is -3.52. The highest BCUT2D eigenvalue weighted by Crippen LogP contribution is 2.29. The van der Waals surface area contributed by atoms with E-state index >= 15 is 0 Å². The summed E-state index contributed by atoms with van der Waals surface area (Å²) in [5, 5.41) is 4.01. The standard InChI is InChI=1S/C18H19N3O2S2/c22-25(23,17-8-4-7-16-18(17)19-20-24-16)21-11-9-15(10-12-21)13-14-5-2-1-3-6-14/h1-8,15H,9-13H2. The molecule has 5 nitrogen and oxygen atoms in total. The number of nitrogens with zero attached hydrogens (tertiary/aromatic N) is 3. The number of piperidine rings is 1. The van der Waals surface area contributed by atoms with Gasteiger partial charge in [0.1, 0.15) is 10.4 Å². The number of hydrogen-bond acceptors (Lipinski definition) is 5. The Labute approximate surface area is 151 Å². The van der Waals surface area contributed by atoms with Gasteiger partial charge in [0, 0.05) is 13.1 Å². The first kappa shape index (κ1) is 16.6. The zero-order valence-electron chi connectivity index (χ0n) is 13.7. The summed E-state index contributed by atoms with van der Waals surface area (Å²) in [4.78, 5) is 0.278. The lowest BCUT2D eigenvalue weighted by Crippen LogP contribution is -2.39. The molecule has 0 N–H and O–H groups in total. The van der Waals surface area contributed by atoms with Crippen molar-refractivity contribution in [3.05, 3.63) is 54.1 Å². The maximum absolute atomic E-state index is 13.0. The number of fused-ring (bicyclic) bond motifs is 1. The predicted molar refractivity (Wildman–Crippen MR) is 99.0 cm³/mol. The molecule has 0 radical (unpaired) electrons. The van der Waals surface area contributed by atoms with E-state index in [1.165, 1.54) is 17.1 Å². The zero-order valence-corrected chi connectivity index (χ0v) is 15.3. The topological polar surface area (TPSA) is 63.2 Å². The van der Waals surface area contributed by atoms with E-state index in [9.17, 15) is 8.42 Å². The van der Waals surface area contributed by atoms with Crippen LogP contribution in [0.3, 0.4) is 0 Å². The van der Waals surface area contributed by atoms with E-state index in [4.69, 9.17) is 0 Å². The van der Waals surface area contributed by atoms with Crippen LogP contribution in [0.15, 0.2) is 53.4 Å². The van der Waals surface area contributed by atoms with E-state index in [0.717, 1.165) is 24.0 Å². The lowest BCUT2D eigenvalue weighted by molar-refractivity contribution is 0.273. The van der Waals surface area contributed by atoms with Crippen LogP contribution in [-0.2, 0) is 16.4 Å². The molecule has 1 saturated heterocycles. The second-order valence-corrected chi connectivity index (χ2v) is 9.11. The van der Waals surface area contributed by atoms with Gasteiger partial charge in [0.25, 0.3) is 0 Å². The van der Waals surface area contributed by atoms with Crippen molar-refractivity contribution in [2.75, 3.05) is 13.1 Å². The summed E-state index contributed by atoms with van der Waals surface area (Å²) in [6, 6.07) is 15.6. The van der Waals surface area contributed by atoms with Gasteiger partial charge in [0.15, 0.2) is 0 Å². The Morgan fingerprint density at radius 3 is 2.56 bits per heavy atom. The van der Waals surface area contributed by atoms with Gasteiger partial charge in [-0.15, -0.1) is 5.10 Å². The number of sulfonamides is 1. The van der Waals surface area contributed by atoms with Gasteiger partial charge >= 0.3 is 0 Å². The molecule has 2 aromatic carbocycles. The number of aromatic nitrogens is 2. The van der Waals surface area contributed by atoms with Crippen molar-refractivity contribution < 1.29 is 8.42 Å². The van der Waals surface area contributed by atoms with Crippen LogP contribution in [-0.4, -0.2) is 35.4 Å². The molecule has 1 aliphatic heterocycles. The average Bonchev–Trinajstić information content (AvgIpc) is 3.11. The van der Waals surface area contributed by atoms with Crippen LogP contribution in [0.2, 0.25) is 0 Å². The summed E-state index contributed by atoms with van der Waals surface area (Å²) in [5.74, 6) is 0.533. The van der Waals surface area contributed by atoms with E-state index in [0.29, 0.717) is 24.5 Å². The number of hydrogen-bond donors (Lipinski definition) is 0. The average molecular weight is 374 g/mol. The fourth-order valence-corrected chi connectivity index (χ4v) is 5.70. The SMILES string of the molecule is O=S(=O)(c1cccc2snnc12)N1CCC(Cc2ccccc2)CC1. The Morgan fingerprint density at radius 2 is 1.80 bits per heavy atom. The van der Waals surface area contributed by atoms with Crippen molar-refractivity contribution >= 4 is 31.8 Å². The van der Waals surface area contributed by atoms with Crippen LogP contribution < -0.4 is 0 Å². The Bertz CT molecular complexity index is 962. The molecular formula is C18H19N3O2S2. The van der Waals surface area contributed by atoms with E-state index in [1.807, 2.05) is 12.1 Å². The fraction of sp³-hybridized carbons (Fsp3) is 0.333.